The van der Waals surface area contributed by atoms with Crippen molar-refractivity contribution in [1.29, 1.82) is 0 Å². The van der Waals surface area contributed by atoms with Gasteiger partial charge >= 0.3 is 0 Å². The third-order valence-corrected chi connectivity index (χ3v) is 5.13. The van der Waals surface area contributed by atoms with Gasteiger partial charge < -0.3 is 4.90 Å². The van der Waals surface area contributed by atoms with Crippen molar-refractivity contribution in [1.82, 2.24) is 19.9 Å². The Morgan fingerprint density at radius 3 is 2.86 bits per heavy atom. The Labute approximate surface area is 136 Å². The van der Waals surface area contributed by atoms with Crippen molar-refractivity contribution in [2.75, 3.05) is 20.1 Å². The summed E-state index contributed by atoms with van der Waals surface area (Å²) in [7, 11) is 2.19. The van der Waals surface area contributed by atoms with Crippen LogP contribution >= 0.6 is 11.3 Å². The number of likely N-dealkylation sites (N-methyl/N-ethyl adjacent to an activating group) is 1. The first kappa shape index (κ1) is 15.6. The predicted octanol–water partition coefficient (Wildman–Crippen LogP) is 3.61. The lowest BCUT2D eigenvalue weighted by Crippen LogP contribution is -2.31. The average Bonchev–Trinajstić information content (AvgIpc) is 2.95. The number of likely N-dealkylation sites (tertiary alicyclic amines) is 1. The zero-order valence-corrected chi connectivity index (χ0v) is 14.4. The van der Waals surface area contributed by atoms with Crippen molar-refractivity contribution in [3.8, 4) is 10.6 Å². The van der Waals surface area contributed by atoms with Crippen molar-refractivity contribution >= 4 is 11.3 Å². The van der Waals surface area contributed by atoms with E-state index in [2.05, 4.69) is 40.7 Å². The highest BCUT2D eigenvalue weighted by atomic mass is 32.1. The molecule has 1 unspecified atom stereocenters. The molecule has 0 amide bonds. The molecule has 2 aromatic heterocycles. The van der Waals surface area contributed by atoms with Crippen LogP contribution in [0.15, 0.2) is 18.6 Å². The molecule has 1 aliphatic heterocycles. The second-order valence-electron chi connectivity index (χ2n) is 6.61. The fourth-order valence-electron chi connectivity index (χ4n) is 3.09. The molecule has 3 heterocycles. The van der Waals surface area contributed by atoms with Crippen molar-refractivity contribution in [3.05, 3.63) is 29.3 Å². The molecule has 0 aromatic carbocycles. The molecule has 1 fully saturated rings. The number of rotatable bonds is 4. The highest BCUT2D eigenvalue weighted by molar-refractivity contribution is 7.15. The molecule has 0 spiro atoms. The van der Waals surface area contributed by atoms with Crippen LogP contribution in [-0.2, 0) is 6.42 Å². The monoisotopic (exact) mass is 316 g/mol. The van der Waals surface area contributed by atoms with Crippen molar-refractivity contribution in [2.24, 2.45) is 5.92 Å². The summed E-state index contributed by atoms with van der Waals surface area (Å²) < 4.78 is 0. The Kier molecular flexibility index (Phi) is 4.84. The lowest BCUT2D eigenvalue weighted by Gasteiger charge is -2.29. The van der Waals surface area contributed by atoms with E-state index in [1.54, 1.807) is 17.5 Å². The molecule has 2 aromatic rings. The SMILES string of the molecule is CC(C)Cc1ncc(-c2nccnc2C2CCCN(C)C2)s1. The van der Waals surface area contributed by atoms with Gasteiger partial charge in [0.2, 0.25) is 0 Å². The highest BCUT2D eigenvalue weighted by Gasteiger charge is 2.24. The lowest BCUT2D eigenvalue weighted by atomic mass is 9.93. The Hall–Kier alpha value is -1.33. The van der Waals surface area contributed by atoms with Crippen LogP contribution in [0.5, 0.6) is 0 Å². The molecule has 1 atom stereocenters. The molecular weight excluding hydrogens is 292 g/mol. The minimum atomic E-state index is 0.484. The number of hydrogen-bond acceptors (Lipinski definition) is 5. The number of thiazole rings is 1. The van der Waals surface area contributed by atoms with Crippen molar-refractivity contribution in [3.63, 3.8) is 0 Å². The Morgan fingerprint density at radius 2 is 2.09 bits per heavy atom. The van der Waals surface area contributed by atoms with E-state index in [1.807, 2.05) is 12.4 Å². The van der Waals surface area contributed by atoms with E-state index in [1.165, 1.54) is 24.4 Å². The quantitative estimate of drug-likeness (QED) is 0.864. The largest absolute Gasteiger partial charge is 0.306 e. The molecule has 0 saturated carbocycles. The summed E-state index contributed by atoms with van der Waals surface area (Å²) in [5.41, 5.74) is 2.18. The summed E-state index contributed by atoms with van der Waals surface area (Å²) in [5.74, 6) is 1.12. The minimum Gasteiger partial charge on any atom is -0.306 e. The molecule has 22 heavy (non-hydrogen) atoms. The van der Waals surface area contributed by atoms with E-state index in [9.17, 15) is 0 Å². The number of nitrogens with zero attached hydrogens (tertiary/aromatic N) is 4. The number of aromatic nitrogens is 3. The Morgan fingerprint density at radius 1 is 1.27 bits per heavy atom. The predicted molar refractivity (Wildman–Crippen MR) is 91.2 cm³/mol. The van der Waals surface area contributed by atoms with Crippen LogP contribution in [-0.4, -0.2) is 40.0 Å². The van der Waals surface area contributed by atoms with Crippen LogP contribution in [0.1, 0.15) is 43.3 Å². The lowest BCUT2D eigenvalue weighted by molar-refractivity contribution is 0.248. The van der Waals surface area contributed by atoms with Crippen LogP contribution in [0.2, 0.25) is 0 Å². The molecule has 1 saturated heterocycles. The number of hydrogen-bond donors (Lipinski definition) is 0. The molecule has 3 rings (SSSR count). The Balaban J connectivity index is 1.89. The van der Waals surface area contributed by atoms with Gasteiger partial charge in [0.15, 0.2) is 0 Å². The third-order valence-electron chi connectivity index (χ3n) is 4.11. The van der Waals surface area contributed by atoms with Gasteiger partial charge in [0.25, 0.3) is 0 Å². The number of piperidine rings is 1. The van der Waals surface area contributed by atoms with E-state index < -0.39 is 0 Å². The first-order valence-corrected chi connectivity index (χ1v) is 8.89. The standard InChI is InChI=1S/C17H24N4S/c1-12(2)9-15-20-10-14(22-15)17-16(18-6-7-19-17)13-5-4-8-21(3)11-13/h6-7,10,12-13H,4-5,8-9,11H2,1-3H3. The maximum atomic E-state index is 4.67. The molecule has 0 radical (unpaired) electrons. The molecule has 1 aliphatic rings. The molecule has 0 bridgehead atoms. The van der Waals surface area contributed by atoms with Gasteiger partial charge in [0.05, 0.1) is 15.6 Å². The van der Waals surface area contributed by atoms with Crippen LogP contribution < -0.4 is 0 Å². The average molecular weight is 316 g/mol. The van der Waals surface area contributed by atoms with Gasteiger partial charge in [-0.15, -0.1) is 11.3 Å². The smallest absolute Gasteiger partial charge is 0.104 e. The van der Waals surface area contributed by atoms with Crippen molar-refractivity contribution < 1.29 is 0 Å². The van der Waals surface area contributed by atoms with E-state index in [0.29, 0.717) is 11.8 Å². The van der Waals surface area contributed by atoms with Crippen LogP contribution in [0.4, 0.5) is 0 Å². The summed E-state index contributed by atoms with van der Waals surface area (Å²) in [6.45, 7) is 6.72. The van der Waals surface area contributed by atoms with Crippen LogP contribution in [0, 0.1) is 5.92 Å². The third kappa shape index (κ3) is 3.52. The first-order valence-electron chi connectivity index (χ1n) is 8.08. The normalized spacial score (nSPS) is 19.7. The molecule has 4 nitrogen and oxygen atoms in total. The first-order chi connectivity index (χ1) is 10.6. The Bertz CT molecular complexity index is 623. The second kappa shape index (κ2) is 6.84. The van der Waals surface area contributed by atoms with Gasteiger partial charge in [-0.1, -0.05) is 13.8 Å². The van der Waals surface area contributed by atoms with E-state index in [0.717, 1.165) is 29.2 Å². The summed E-state index contributed by atoms with van der Waals surface area (Å²) in [6.07, 6.45) is 9.07. The van der Waals surface area contributed by atoms with Gasteiger partial charge in [-0.3, -0.25) is 9.97 Å². The molecule has 5 heteroatoms. The zero-order chi connectivity index (χ0) is 15.5. The second-order valence-corrected chi connectivity index (χ2v) is 7.72. The van der Waals surface area contributed by atoms with Crippen LogP contribution in [0.25, 0.3) is 10.6 Å². The van der Waals surface area contributed by atoms with Gasteiger partial charge in [-0.05, 0) is 32.4 Å². The van der Waals surface area contributed by atoms with Crippen molar-refractivity contribution in [2.45, 2.75) is 39.0 Å². The maximum absolute atomic E-state index is 4.67. The fourth-order valence-corrected chi connectivity index (χ4v) is 4.23. The van der Waals surface area contributed by atoms with E-state index in [4.69, 9.17) is 0 Å². The topological polar surface area (TPSA) is 41.9 Å². The van der Waals surface area contributed by atoms with Gasteiger partial charge in [0, 0.05) is 37.5 Å². The fraction of sp³-hybridized carbons (Fsp3) is 0.588. The van der Waals surface area contributed by atoms with E-state index >= 15 is 0 Å². The summed E-state index contributed by atoms with van der Waals surface area (Å²) in [4.78, 5) is 17.4. The molecule has 118 valence electrons. The molecular formula is C17H24N4S. The molecule has 0 aliphatic carbocycles. The summed E-state index contributed by atoms with van der Waals surface area (Å²) in [5, 5.41) is 1.20. The zero-order valence-electron chi connectivity index (χ0n) is 13.6. The van der Waals surface area contributed by atoms with E-state index in [-0.39, 0.29) is 0 Å². The van der Waals surface area contributed by atoms with Gasteiger partial charge in [0.1, 0.15) is 5.69 Å². The highest BCUT2D eigenvalue weighted by Crippen LogP contribution is 2.34. The van der Waals surface area contributed by atoms with Gasteiger partial charge in [-0.25, -0.2) is 4.98 Å². The van der Waals surface area contributed by atoms with Gasteiger partial charge in [-0.2, -0.15) is 0 Å². The molecule has 0 N–H and O–H groups in total. The van der Waals surface area contributed by atoms with Crippen LogP contribution in [0.3, 0.4) is 0 Å². The summed E-state index contributed by atoms with van der Waals surface area (Å²) >= 11 is 1.77. The maximum Gasteiger partial charge on any atom is 0.104 e. The summed E-state index contributed by atoms with van der Waals surface area (Å²) in [6, 6.07) is 0. The minimum absolute atomic E-state index is 0.484.